The van der Waals surface area contributed by atoms with E-state index < -0.39 is 22.1 Å². The molecule has 5 aromatic carbocycles. The fourth-order valence-corrected chi connectivity index (χ4v) is 6.84. The Bertz CT molecular complexity index is 2160. The molecule has 226 valence electrons. The SMILES string of the molecule is N=C(N)c1cccc(-c2ccc3c(c2)c2cc(-c4cccc(C(=N)N)c4)ccc2n3S(=O)(=O)c2cccc(OC(F)(F)F)c2)c1. The van der Waals surface area contributed by atoms with Gasteiger partial charge in [0.05, 0.1) is 15.9 Å². The Labute approximate surface area is 255 Å². The standard InChI is InChI=1S/C33H24F3N5O3S/c34-33(35,36)44-25-8-3-9-26(18-25)45(42,43)41-29-12-10-21(19-4-1-6-23(14-19)31(37)38)16-27(29)28-17-22(11-13-30(28)41)20-5-2-7-24(15-20)32(39)40/h1-18H,(H3,37,38)(H3,39,40). The Kier molecular flexibility index (Phi) is 7.09. The number of ether oxygens (including phenoxy) is 1. The number of aromatic nitrogens is 1. The van der Waals surface area contributed by atoms with Gasteiger partial charge in [-0.05, 0) is 70.8 Å². The molecule has 8 nitrogen and oxygen atoms in total. The Hall–Kier alpha value is -5.62. The van der Waals surface area contributed by atoms with Crippen molar-refractivity contribution in [1.29, 1.82) is 10.8 Å². The Balaban J connectivity index is 1.61. The van der Waals surface area contributed by atoms with E-state index in [1.807, 2.05) is 24.3 Å². The van der Waals surface area contributed by atoms with Crippen LogP contribution in [-0.2, 0) is 10.0 Å². The van der Waals surface area contributed by atoms with Gasteiger partial charge in [-0.15, -0.1) is 13.2 Å². The summed E-state index contributed by atoms with van der Waals surface area (Å²) in [5.41, 5.74) is 16.0. The Morgan fingerprint density at radius 2 is 1.11 bits per heavy atom. The number of nitrogens with one attached hydrogen (secondary N) is 2. The maximum atomic E-state index is 14.1. The number of fused-ring (bicyclic) bond motifs is 3. The number of alkyl halides is 3. The number of nitrogens with zero attached hydrogens (tertiary/aromatic N) is 1. The van der Waals surface area contributed by atoms with Crippen LogP contribution >= 0.6 is 0 Å². The highest BCUT2D eigenvalue weighted by Gasteiger charge is 2.32. The van der Waals surface area contributed by atoms with Crippen LogP contribution in [0.2, 0.25) is 0 Å². The van der Waals surface area contributed by atoms with Crippen LogP contribution in [0.15, 0.2) is 114 Å². The molecule has 0 saturated heterocycles. The fourth-order valence-electron chi connectivity index (χ4n) is 5.28. The van der Waals surface area contributed by atoms with E-state index in [0.717, 1.165) is 38.4 Å². The molecule has 6 N–H and O–H groups in total. The van der Waals surface area contributed by atoms with E-state index in [0.29, 0.717) is 32.9 Å². The topological polar surface area (TPSA) is 148 Å². The lowest BCUT2D eigenvalue weighted by atomic mass is 9.98. The lowest BCUT2D eigenvalue weighted by Gasteiger charge is -2.13. The van der Waals surface area contributed by atoms with Crippen LogP contribution in [0, 0.1) is 10.8 Å². The maximum absolute atomic E-state index is 14.1. The fraction of sp³-hybridized carbons (Fsp3) is 0.0303. The quantitative estimate of drug-likeness (QED) is 0.113. The number of rotatable bonds is 7. The molecule has 1 heterocycles. The largest absolute Gasteiger partial charge is 0.573 e. The number of halogens is 3. The molecule has 1 aromatic heterocycles. The van der Waals surface area contributed by atoms with E-state index in [4.69, 9.17) is 22.3 Å². The first-order chi connectivity index (χ1) is 21.3. The predicted molar refractivity (Wildman–Crippen MR) is 168 cm³/mol. The van der Waals surface area contributed by atoms with Gasteiger partial charge >= 0.3 is 6.36 Å². The van der Waals surface area contributed by atoms with E-state index >= 15 is 0 Å². The van der Waals surface area contributed by atoms with Gasteiger partial charge in [0.15, 0.2) is 0 Å². The summed E-state index contributed by atoms with van der Waals surface area (Å²) in [6, 6.07) is 28.8. The third-order valence-corrected chi connectivity index (χ3v) is 9.04. The molecule has 12 heteroatoms. The second-order valence-corrected chi connectivity index (χ2v) is 12.0. The van der Waals surface area contributed by atoms with Gasteiger partial charge in [0.25, 0.3) is 10.0 Å². The molecular weight excluding hydrogens is 603 g/mol. The van der Waals surface area contributed by atoms with Crippen LogP contribution in [0.4, 0.5) is 13.2 Å². The molecule has 0 spiro atoms. The summed E-state index contributed by atoms with van der Waals surface area (Å²) in [6.07, 6.45) is -5.00. The number of nitrogen functional groups attached to an aromatic ring is 2. The third-order valence-electron chi connectivity index (χ3n) is 7.31. The number of amidine groups is 2. The van der Waals surface area contributed by atoms with E-state index in [-0.39, 0.29) is 16.6 Å². The summed E-state index contributed by atoms with van der Waals surface area (Å²) in [6.45, 7) is 0. The summed E-state index contributed by atoms with van der Waals surface area (Å²) >= 11 is 0. The molecule has 0 amide bonds. The minimum absolute atomic E-state index is 0.102. The zero-order valence-corrected chi connectivity index (χ0v) is 24.1. The van der Waals surface area contributed by atoms with Crippen molar-refractivity contribution in [3.05, 3.63) is 120 Å². The van der Waals surface area contributed by atoms with E-state index in [2.05, 4.69) is 4.74 Å². The van der Waals surface area contributed by atoms with Crippen molar-refractivity contribution in [3.63, 3.8) is 0 Å². The Morgan fingerprint density at radius 1 is 0.644 bits per heavy atom. The number of hydrogen-bond acceptors (Lipinski definition) is 5. The van der Waals surface area contributed by atoms with Crippen LogP contribution in [-0.4, -0.2) is 30.4 Å². The van der Waals surface area contributed by atoms with Crippen molar-refractivity contribution in [3.8, 4) is 28.0 Å². The molecular formula is C33H24F3N5O3S. The molecule has 45 heavy (non-hydrogen) atoms. The molecule has 0 radical (unpaired) electrons. The number of nitrogens with two attached hydrogens (primary N) is 2. The van der Waals surface area contributed by atoms with Gasteiger partial charge in [-0.25, -0.2) is 12.4 Å². The first kappa shape index (κ1) is 29.5. The van der Waals surface area contributed by atoms with Crippen LogP contribution in [0.3, 0.4) is 0 Å². The van der Waals surface area contributed by atoms with Crippen molar-refractivity contribution in [2.45, 2.75) is 11.3 Å². The molecule has 6 aromatic rings. The first-order valence-electron chi connectivity index (χ1n) is 13.4. The number of benzene rings is 5. The van der Waals surface area contributed by atoms with E-state index in [1.54, 1.807) is 60.7 Å². The maximum Gasteiger partial charge on any atom is 0.573 e. The lowest BCUT2D eigenvalue weighted by Crippen LogP contribution is -2.18. The van der Waals surface area contributed by atoms with Crippen LogP contribution in [0.5, 0.6) is 5.75 Å². The van der Waals surface area contributed by atoms with Crippen molar-refractivity contribution >= 4 is 43.5 Å². The average Bonchev–Trinajstić information content (AvgIpc) is 3.34. The van der Waals surface area contributed by atoms with Gasteiger partial charge in [0.2, 0.25) is 0 Å². The zero-order valence-electron chi connectivity index (χ0n) is 23.3. The van der Waals surface area contributed by atoms with Gasteiger partial charge in [-0.1, -0.05) is 54.6 Å². The van der Waals surface area contributed by atoms with Crippen LogP contribution < -0.4 is 16.2 Å². The summed E-state index contributed by atoms with van der Waals surface area (Å²) < 4.78 is 72.2. The molecule has 0 saturated carbocycles. The van der Waals surface area contributed by atoms with Gasteiger partial charge in [0, 0.05) is 28.0 Å². The average molecular weight is 628 g/mol. The van der Waals surface area contributed by atoms with Crippen molar-refractivity contribution in [2.24, 2.45) is 11.5 Å². The molecule has 0 atom stereocenters. The second-order valence-electron chi connectivity index (χ2n) is 10.2. The molecule has 0 fully saturated rings. The van der Waals surface area contributed by atoms with Gasteiger partial charge in [-0.3, -0.25) is 10.8 Å². The summed E-state index contributed by atoms with van der Waals surface area (Å²) in [5.74, 6) is -0.866. The van der Waals surface area contributed by atoms with Crippen molar-refractivity contribution in [2.75, 3.05) is 0 Å². The molecule has 0 aliphatic rings. The van der Waals surface area contributed by atoms with Gasteiger partial charge in [0.1, 0.15) is 17.4 Å². The second kappa shape index (κ2) is 10.8. The Morgan fingerprint density at radius 3 is 1.58 bits per heavy atom. The van der Waals surface area contributed by atoms with Crippen molar-refractivity contribution < 1.29 is 26.3 Å². The molecule has 6 rings (SSSR count). The van der Waals surface area contributed by atoms with Gasteiger partial charge in [-0.2, -0.15) is 0 Å². The molecule has 0 bridgehead atoms. The van der Waals surface area contributed by atoms with E-state index in [9.17, 15) is 21.6 Å². The predicted octanol–water partition coefficient (Wildman–Crippen LogP) is 6.83. The third kappa shape index (κ3) is 5.58. The highest BCUT2D eigenvalue weighted by molar-refractivity contribution is 7.90. The highest BCUT2D eigenvalue weighted by atomic mass is 32.2. The van der Waals surface area contributed by atoms with Crippen molar-refractivity contribution in [1.82, 2.24) is 3.97 Å². The summed E-state index contributed by atoms with van der Waals surface area (Å²) in [5, 5.41) is 16.7. The van der Waals surface area contributed by atoms with Crippen LogP contribution in [0.25, 0.3) is 44.1 Å². The molecule has 0 unspecified atom stereocenters. The molecule has 0 aliphatic heterocycles. The normalized spacial score (nSPS) is 12.0. The highest BCUT2D eigenvalue weighted by Crippen LogP contribution is 2.38. The minimum atomic E-state index is -5.00. The summed E-state index contributed by atoms with van der Waals surface area (Å²) in [4.78, 5) is -0.389. The lowest BCUT2D eigenvalue weighted by molar-refractivity contribution is -0.274. The smallest absolute Gasteiger partial charge is 0.406 e. The van der Waals surface area contributed by atoms with E-state index in [1.165, 1.54) is 12.1 Å². The first-order valence-corrected chi connectivity index (χ1v) is 14.9. The van der Waals surface area contributed by atoms with Crippen LogP contribution in [0.1, 0.15) is 11.1 Å². The molecule has 0 aliphatic carbocycles. The summed E-state index contributed by atoms with van der Waals surface area (Å²) in [7, 11) is -4.44. The minimum Gasteiger partial charge on any atom is -0.406 e. The van der Waals surface area contributed by atoms with Gasteiger partial charge < -0.3 is 16.2 Å². The zero-order chi connectivity index (χ0) is 32.1. The monoisotopic (exact) mass is 627 g/mol. The number of hydrogen-bond donors (Lipinski definition) is 4.